The summed E-state index contributed by atoms with van der Waals surface area (Å²) in [5.41, 5.74) is 0. The lowest BCUT2D eigenvalue weighted by atomic mass is 10.2. The lowest BCUT2D eigenvalue weighted by Gasteiger charge is -2.13. The molecule has 1 rings (SSSR count). The summed E-state index contributed by atoms with van der Waals surface area (Å²) in [5, 5.41) is 8.79. The van der Waals surface area contributed by atoms with Gasteiger partial charge in [-0.05, 0) is 25.2 Å². The summed E-state index contributed by atoms with van der Waals surface area (Å²) in [5.74, 6) is -0.796. The minimum Gasteiger partial charge on any atom is -0.480 e. The number of hydrogen-bond donors (Lipinski definition) is 2. The van der Waals surface area contributed by atoms with Crippen LogP contribution in [0.25, 0.3) is 0 Å². The molecule has 0 spiro atoms. The molecule has 0 heterocycles. The minimum atomic E-state index is -3.42. The number of carboxylic acid groups (broad SMARTS) is 1. The highest BCUT2D eigenvalue weighted by Crippen LogP contribution is 2.30. The third-order valence-corrected chi connectivity index (χ3v) is 3.90. The van der Waals surface area contributed by atoms with Crippen molar-refractivity contribution in [3.8, 4) is 0 Å². The predicted molar refractivity (Wildman–Crippen MR) is 56.0 cm³/mol. The Bertz CT molecular complexity index is 321. The molecule has 0 aromatic rings. The van der Waals surface area contributed by atoms with Gasteiger partial charge in [0, 0.05) is 0 Å². The van der Waals surface area contributed by atoms with Crippen molar-refractivity contribution < 1.29 is 18.3 Å². The Kier molecular flexibility index (Phi) is 4.10. The average molecular weight is 235 g/mol. The number of hydrogen-bond acceptors (Lipinski definition) is 3. The molecule has 1 saturated carbocycles. The Balaban J connectivity index is 2.51. The van der Waals surface area contributed by atoms with Crippen molar-refractivity contribution in [3.05, 3.63) is 0 Å². The summed E-state index contributed by atoms with van der Waals surface area (Å²) in [4.78, 5) is 10.7. The van der Waals surface area contributed by atoms with Gasteiger partial charge in [-0.15, -0.1) is 0 Å². The molecule has 0 aromatic heterocycles. The molecule has 0 aromatic carbocycles. The predicted octanol–water partition coefficient (Wildman–Crippen LogP) is 0.569. The zero-order valence-electron chi connectivity index (χ0n) is 8.77. The fraction of sp³-hybridized carbons (Fsp3) is 0.889. The molecule has 0 amide bonds. The van der Waals surface area contributed by atoms with Crippen LogP contribution in [-0.4, -0.2) is 31.3 Å². The van der Waals surface area contributed by atoms with Crippen molar-refractivity contribution in [2.45, 2.75) is 38.6 Å². The normalized spacial score (nSPS) is 18.7. The van der Waals surface area contributed by atoms with Crippen LogP contribution in [0.15, 0.2) is 0 Å². The Labute approximate surface area is 89.9 Å². The van der Waals surface area contributed by atoms with E-state index in [4.69, 9.17) is 5.11 Å². The molecule has 0 saturated heterocycles. The molecule has 1 fully saturated rings. The van der Waals surface area contributed by atoms with Gasteiger partial charge in [0.15, 0.2) is 0 Å². The number of carbonyl (C=O) groups is 1. The summed E-state index contributed by atoms with van der Waals surface area (Å²) in [6.45, 7) is 1.82. The van der Waals surface area contributed by atoms with Gasteiger partial charge in [-0.2, -0.15) is 0 Å². The molecule has 6 heteroatoms. The zero-order chi connectivity index (χ0) is 11.5. The molecule has 15 heavy (non-hydrogen) atoms. The van der Waals surface area contributed by atoms with Crippen LogP contribution >= 0.6 is 0 Å². The van der Waals surface area contributed by atoms with Crippen LogP contribution in [0.4, 0.5) is 0 Å². The van der Waals surface area contributed by atoms with E-state index in [-0.39, 0.29) is 11.7 Å². The van der Waals surface area contributed by atoms with Crippen LogP contribution in [0.3, 0.4) is 0 Å². The van der Waals surface area contributed by atoms with Crippen LogP contribution in [0.2, 0.25) is 0 Å². The van der Waals surface area contributed by atoms with E-state index in [1.165, 1.54) is 0 Å². The lowest BCUT2D eigenvalue weighted by molar-refractivity contribution is -0.139. The third kappa shape index (κ3) is 4.61. The van der Waals surface area contributed by atoms with Gasteiger partial charge in [-0.25, -0.2) is 13.1 Å². The van der Waals surface area contributed by atoms with Crippen molar-refractivity contribution in [2.24, 2.45) is 5.92 Å². The van der Waals surface area contributed by atoms with E-state index < -0.39 is 22.0 Å². The number of nitrogens with one attached hydrogen (secondary N) is 1. The van der Waals surface area contributed by atoms with Crippen LogP contribution in [0, 0.1) is 5.92 Å². The molecule has 1 atom stereocenters. The summed E-state index contributed by atoms with van der Waals surface area (Å²) in [7, 11) is -3.42. The molecule has 1 unspecified atom stereocenters. The van der Waals surface area contributed by atoms with Crippen LogP contribution < -0.4 is 4.72 Å². The Morgan fingerprint density at radius 2 is 2.13 bits per heavy atom. The van der Waals surface area contributed by atoms with E-state index in [1.807, 2.05) is 6.92 Å². The second kappa shape index (κ2) is 4.94. The zero-order valence-corrected chi connectivity index (χ0v) is 9.59. The van der Waals surface area contributed by atoms with Crippen molar-refractivity contribution >= 4 is 16.0 Å². The molecular weight excluding hydrogens is 218 g/mol. The first-order valence-electron chi connectivity index (χ1n) is 5.17. The monoisotopic (exact) mass is 235 g/mol. The van der Waals surface area contributed by atoms with Gasteiger partial charge < -0.3 is 5.11 Å². The van der Waals surface area contributed by atoms with Crippen molar-refractivity contribution in [2.75, 3.05) is 5.75 Å². The highest BCUT2D eigenvalue weighted by atomic mass is 32.2. The minimum absolute atomic E-state index is 0.0699. The molecule has 0 bridgehead atoms. The van der Waals surface area contributed by atoms with Gasteiger partial charge in [0.25, 0.3) is 0 Å². The van der Waals surface area contributed by atoms with Crippen LogP contribution in [0.5, 0.6) is 0 Å². The highest BCUT2D eigenvalue weighted by Gasteiger charge is 2.30. The quantitative estimate of drug-likeness (QED) is 0.675. The number of aliphatic carboxylic acids is 1. The largest absolute Gasteiger partial charge is 0.480 e. The van der Waals surface area contributed by atoms with Gasteiger partial charge in [0.05, 0.1) is 5.75 Å². The molecule has 0 radical (unpaired) electrons. The molecule has 88 valence electrons. The summed E-state index contributed by atoms with van der Waals surface area (Å²) in [6, 6.07) is -0.973. The fourth-order valence-electron chi connectivity index (χ4n) is 1.38. The van der Waals surface area contributed by atoms with Crippen LogP contribution in [-0.2, 0) is 14.8 Å². The summed E-state index contributed by atoms with van der Waals surface area (Å²) < 4.78 is 25.2. The van der Waals surface area contributed by atoms with Crippen molar-refractivity contribution in [3.63, 3.8) is 0 Å². The van der Waals surface area contributed by atoms with E-state index in [9.17, 15) is 13.2 Å². The molecule has 5 nitrogen and oxygen atoms in total. The molecule has 1 aliphatic rings. The number of rotatable bonds is 7. The molecule has 0 aliphatic heterocycles. The molecular formula is C9H17NO4S. The molecule has 1 aliphatic carbocycles. The SMILES string of the molecule is CCCC(NS(=O)(=O)CC1CC1)C(=O)O. The first-order chi connectivity index (χ1) is 6.94. The third-order valence-electron chi connectivity index (χ3n) is 2.35. The average Bonchev–Trinajstić information content (AvgIpc) is 2.86. The Morgan fingerprint density at radius 1 is 1.53 bits per heavy atom. The lowest BCUT2D eigenvalue weighted by Crippen LogP contribution is -2.41. The van der Waals surface area contributed by atoms with Gasteiger partial charge in [0.1, 0.15) is 6.04 Å². The molecule has 2 N–H and O–H groups in total. The number of carboxylic acids is 1. The first kappa shape index (κ1) is 12.4. The second-order valence-electron chi connectivity index (χ2n) is 4.02. The maximum atomic E-state index is 11.5. The van der Waals surface area contributed by atoms with Crippen molar-refractivity contribution in [1.82, 2.24) is 4.72 Å². The van der Waals surface area contributed by atoms with Gasteiger partial charge >= 0.3 is 5.97 Å². The number of sulfonamides is 1. The van der Waals surface area contributed by atoms with Gasteiger partial charge in [-0.1, -0.05) is 13.3 Å². The van der Waals surface area contributed by atoms with Gasteiger partial charge in [-0.3, -0.25) is 4.79 Å². The fourth-order valence-corrected chi connectivity index (χ4v) is 3.08. The maximum absolute atomic E-state index is 11.5. The topological polar surface area (TPSA) is 83.5 Å². The summed E-state index contributed by atoms with van der Waals surface area (Å²) in [6.07, 6.45) is 2.85. The summed E-state index contributed by atoms with van der Waals surface area (Å²) >= 11 is 0. The second-order valence-corrected chi connectivity index (χ2v) is 5.82. The van der Waals surface area contributed by atoms with E-state index in [1.54, 1.807) is 0 Å². The smallest absolute Gasteiger partial charge is 0.321 e. The van der Waals surface area contributed by atoms with E-state index in [0.717, 1.165) is 12.8 Å². The van der Waals surface area contributed by atoms with Gasteiger partial charge in [0.2, 0.25) is 10.0 Å². The first-order valence-corrected chi connectivity index (χ1v) is 6.82. The Morgan fingerprint density at radius 3 is 2.53 bits per heavy atom. The highest BCUT2D eigenvalue weighted by molar-refractivity contribution is 7.89. The van der Waals surface area contributed by atoms with E-state index >= 15 is 0 Å². The Hall–Kier alpha value is -0.620. The van der Waals surface area contributed by atoms with E-state index in [2.05, 4.69) is 4.72 Å². The standard InChI is InChI=1S/C9H17NO4S/c1-2-3-8(9(11)12)10-15(13,14)6-7-4-5-7/h7-8,10H,2-6H2,1H3,(H,11,12). The van der Waals surface area contributed by atoms with Crippen LogP contribution in [0.1, 0.15) is 32.6 Å². The van der Waals surface area contributed by atoms with E-state index in [0.29, 0.717) is 12.8 Å². The maximum Gasteiger partial charge on any atom is 0.321 e. The van der Waals surface area contributed by atoms with Crippen molar-refractivity contribution in [1.29, 1.82) is 0 Å².